The molecule has 0 heterocycles. The van der Waals surface area contributed by atoms with Crippen LogP contribution in [0.1, 0.15) is 44.6 Å². The van der Waals surface area contributed by atoms with Crippen LogP contribution in [0.2, 0.25) is 0 Å². The molecule has 0 N–H and O–H groups in total. The summed E-state index contributed by atoms with van der Waals surface area (Å²) in [4.78, 5) is 0. The third-order valence-corrected chi connectivity index (χ3v) is 3.82. The lowest BCUT2D eigenvalue weighted by atomic mass is 9.83. The van der Waals surface area contributed by atoms with Gasteiger partial charge in [0.2, 0.25) is 0 Å². The molecule has 0 bridgehead atoms. The van der Waals surface area contributed by atoms with E-state index >= 15 is 0 Å². The molecule has 0 unspecified atom stereocenters. The van der Waals surface area contributed by atoms with Gasteiger partial charge in [0, 0.05) is 6.07 Å². The average Bonchev–Trinajstić information content (AvgIpc) is 2.64. The summed E-state index contributed by atoms with van der Waals surface area (Å²) < 4.78 is 26.1. The van der Waals surface area contributed by atoms with Crippen molar-refractivity contribution in [3.05, 3.63) is 35.4 Å². The fourth-order valence-corrected chi connectivity index (χ4v) is 2.64. The smallest absolute Gasteiger partial charge is 0.129 e. The van der Waals surface area contributed by atoms with E-state index in [2.05, 4.69) is 6.92 Å². The highest BCUT2D eigenvalue weighted by Crippen LogP contribution is 2.41. The molecule has 0 saturated heterocycles. The lowest BCUT2D eigenvalue weighted by Gasteiger charge is -2.23. The van der Waals surface area contributed by atoms with E-state index in [1.54, 1.807) is 6.07 Å². The number of hydrogen-bond donors (Lipinski definition) is 0. The van der Waals surface area contributed by atoms with Crippen LogP contribution in [0.5, 0.6) is 0 Å². The van der Waals surface area contributed by atoms with E-state index in [0.717, 1.165) is 18.9 Å². The van der Waals surface area contributed by atoms with Crippen LogP contribution in [0, 0.1) is 17.0 Å². The molecule has 1 aromatic rings. The second-order valence-corrected chi connectivity index (χ2v) is 5.25. The van der Waals surface area contributed by atoms with Crippen LogP contribution < -0.4 is 0 Å². The minimum absolute atomic E-state index is 0.376. The van der Waals surface area contributed by atoms with Gasteiger partial charge < -0.3 is 0 Å². The summed E-state index contributed by atoms with van der Waals surface area (Å²) in [5.74, 6) is -0.894. The molecule has 16 heavy (non-hydrogen) atoms. The van der Waals surface area contributed by atoms with Gasteiger partial charge in [0.05, 0.1) is 0 Å². The van der Waals surface area contributed by atoms with Crippen LogP contribution in [0.4, 0.5) is 8.78 Å². The van der Waals surface area contributed by atoms with Crippen molar-refractivity contribution in [1.29, 1.82) is 0 Å². The summed E-state index contributed by atoms with van der Waals surface area (Å²) in [5, 5.41) is 0. The first-order valence-corrected chi connectivity index (χ1v) is 6.03. The molecule has 2 heteroatoms. The zero-order valence-corrected chi connectivity index (χ0v) is 9.73. The second kappa shape index (κ2) is 4.52. The molecule has 1 aliphatic rings. The van der Waals surface area contributed by atoms with Gasteiger partial charge in [-0.2, -0.15) is 0 Å². The van der Waals surface area contributed by atoms with Gasteiger partial charge in [-0.3, -0.25) is 0 Å². The van der Waals surface area contributed by atoms with Gasteiger partial charge in [0.1, 0.15) is 11.6 Å². The molecule has 88 valence electrons. The van der Waals surface area contributed by atoms with Crippen molar-refractivity contribution in [1.82, 2.24) is 0 Å². The molecular formula is C14H18F2. The van der Waals surface area contributed by atoms with Gasteiger partial charge in [-0.25, -0.2) is 8.78 Å². The molecule has 2 rings (SSSR count). The monoisotopic (exact) mass is 224 g/mol. The first-order chi connectivity index (χ1) is 7.59. The van der Waals surface area contributed by atoms with Crippen molar-refractivity contribution in [3.63, 3.8) is 0 Å². The fraction of sp³-hybridized carbons (Fsp3) is 0.571. The highest BCUT2D eigenvalue weighted by Gasteiger charge is 2.28. The quantitative estimate of drug-likeness (QED) is 0.710. The number of benzene rings is 1. The molecule has 0 aromatic heterocycles. The molecule has 1 fully saturated rings. The zero-order valence-electron chi connectivity index (χ0n) is 9.73. The van der Waals surface area contributed by atoms with E-state index in [0.29, 0.717) is 11.0 Å². The van der Waals surface area contributed by atoms with Crippen LogP contribution in [0.15, 0.2) is 18.2 Å². The summed E-state index contributed by atoms with van der Waals surface area (Å²) >= 11 is 0. The summed E-state index contributed by atoms with van der Waals surface area (Å²) in [6, 6.07) is 3.89. The molecule has 0 aliphatic heterocycles. The standard InChI is InChI=1S/C14H18F2/c1-14(7-2-3-8-14)9-6-11-4-5-12(15)10-13(11)16/h4-5,10H,2-3,6-9H2,1H3. The predicted octanol–water partition coefficient (Wildman–Crippen LogP) is 4.48. The van der Waals surface area contributed by atoms with Crippen molar-refractivity contribution in [2.45, 2.75) is 45.4 Å². The first kappa shape index (κ1) is 11.6. The van der Waals surface area contributed by atoms with Gasteiger partial charge in [0.15, 0.2) is 0 Å². The first-order valence-electron chi connectivity index (χ1n) is 6.03. The summed E-state index contributed by atoms with van der Waals surface area (Å²) in [5.41, 5.74) is 1.02. The Morgan fingerprint density at radius 3 is 2.50 bits per heavy atom. The summed E-state index contributed by atoms with van der Waals surface area (Å²) in [6.07, 6.45) is 6.81. The Morgan fingerprint density at radius 2 is 1.88 bits per heavy atom. The number of aryl methyl sites for hydroxylation is 1. The summed E-state index contributed by atoms with van der Waals surface area (Å²) in [6.45, 7) is 2.28. The predicted molar refractivity (Wildman–Crippen MR) is 61.3 cm³/mol. The minimum Gasteiger partial charge on any atom is -0.207 e. The van der Waals surface area contributed by atoms with Gasteiger partial charge in [-0.15, -0.1) is 0 Å². The van der Waals surface area contributed by atoms with Crippen LogP contribution in [0.3, 0.4) is 0 Å². The molecule has 1 saturated carbocycles. The summed E-state index contributed by atoms with van der Waals surface area (Å²) in [7, 11) is 0. The van der Waals surface area contributed by atoms with E-state index in [1.165, 1.54) is 31.7 Å². The highest BCUT2D eigenvalue weighted by molar-refractivity contribution is 5.18. The minimum atomic E-state index is -0.492. The molecule has 0 radical (unpaired) electrons. The molecule has 0 nitrogen and oxygen atoms in total. The number of halogens is 2. The maximum absolute atomic E-state index is 13.4. The van der Waals surface area contributed by atoms with Crippen molar-refractivity contribution in [3.8, 4) is 0 Å². The Hall–Kier alpha value is -0.920. The molecule has 0 atom stereocenters. The Labute approximate surface area is 95.7 Å². The Morgan fingerprint density at radius 1 is 1.19 bits per heavy atom. The SMILES string of the molecule is CC1(CCc2ccc(F)cc2F)CCCC1. The van der Waals surface area contributed by atoms with E-state index in [-0.39, 0.29) is 0 Å². The second-order valence-electron chi connectivity index (χ2n) is 5.25. The zero-order chi connectivity index (χ0) is 11.6. The third-order valence-electron chi connectivity index (χ3n) is 3.82. The van der Waals surface area contributed by atoms with Crippen LogP contribution in [-0.2, 0) is 6.42 Å². The Kier molecular flexibility index (Phi) is 3.27. The Bertz CT molecular complexity index is 365. The lowest BCUT2D eigenvalue weighted by Crippen LogP contribution is -2.12. The fourth-order valence-electron chi connectivity index (χ4n) is 2.64. The van der Waals surface area contributed by atoms with Gasteiger partial charge >= 0.3 is 0 Å². The average molecular weight is 224 g/mol. The van der Waals surface area contributed by atoms with E-state index in [1.807, 2.05) is 0 Å². The van der Waals surface area contributed by atoms with E-state index in [4.69, 9.17) is 0 Å². The van der Waals surface area contributed by atoms with Gasteiger partial charge in [-0.1, -0.05) is 25.8 Å². The van der Waals surface area contributed by atoms with E-state index in [9.17, 15) is 8.78 Å². The molecule has 1 aromatic carbocycles. The van der Waals surface area contributed by atoms with Crippen molar-refractivity contribution < 1.29 is 8.78 Å². The normalized spacial score (nSPS) is 18.9. The maximum atomic E-state index is 13.4. The molecular weight excluding hydrogens is 206 g/mol. The Balaban J connectivity index is 1.99. The lowest BCUT2D eigenvalue weighted by molar-refractivity contribution is 0.307. The van der Waals surface area contributed by atoms with Gasteiger partial charge in [0.25, 0.3) is 0 Å². The van der Waals surface area contributed by atoms with Crippen molar-refractivity contribution >= 4 is 0 Å². The molecule has 0 amide bonds. The molecule has 1 aliphatic carbocycles. The molecule has 0 spiro atoms. The van der Waals surface area contributed by atoms with Crippen LogP contribution in [0.25, 0.3) is 0 Å². The van der Waals surface area contributed by atoms with Crippen LogP contribution in [-0.4, -0.2) is 0 Å². The largest absolute Gasteiger partial charge is 0.207 e. The number of rotatable bonds is 3. The van der Waals surface area contributed by atoms with E-state index < -0.39 is 11.6 Å². The third kappa shape index (κ3) is 2.60. The highest BCUT2D eigenvalue weighted by atomic mass is 19.1. The van der Waals surface area contributed by atoms with Crippen LogP contribution >= 0.6 is 0 Å². The maximum Gasteiger partial charge on any atom is 0.129 e. The topological polar surface area (TPSA) is 0 Å². The van der Waals surface area contributed by atoms with Crippen molar-refractivity contribution in [2.75, 3.05) is 0 Å². The van der Waals surface area contributed by atoms with Gasteiger partial charge in [-0.05, 0) is 42.7 Å². The number of hydrogen-bond acceptors (Lipinski definition) is 0. The van der Waals surface area contributed by atoms with Crippen molar-refractivity contribution in [2.24, 2.45) is 5.41 Å².